The summed E-state index contributed by atoms with van der Waals surface area (Å²) in [6.45, 7) is 8.19. The van der Waals surface area contributed by atoms with Gasteiger partial charge in [0.2, 0.25) is 11.8 Å². The number of piperidine rings is 1. The van der Waals surface area contributed by atoms with Crippen LogP contribution in [0.25, 0.3) is 0 Å². The van der Waals surface area contributed by atoms with Crippen molar-refractivity contribution >= 4 is 17.8 Å². The first-order valence-electron chi connectivity index (χ1n) is 7.44. The van der Waals surface area contributed by atoms with E-state index in [0.717, 1.165) is 0 Å². The normalized spacial score (nSPS) is 22.8. The summed E-state index contributed by atoms with van der Waals surface area (Å²) in [5.74, 6) is -1.06. The summed E-state index contributed by atoms with van der Waals surface area (Å²) in [6.07, 6.45) is 1.01. The molecule has 1 heterocycles. The van der Waals surface area contributed by atoms with Crippen LogP contribution in [0.5, 0.6) is 0 Å². The number of nitrogens with zero attached hydrogens (tertiary/aromatic N) is 1. The smallest absolute Gasteiger partial charge is 0.303 e. The molecule has 1 saturated heterocycles. The molecular weight excluding hydrogens is 272 g/mol. The van der Waals surface area contributed by atoms with E-state index < -0.39 is 11.4 Å². The van der Waals surface area contributed by atoms with Crippen LogP contribution >= 0.6 is 0 Å². The van der Waals surface area contributed by atoms with Crippen molar-refractivity contribution in [2.24, 2.45) is 11.3 Å². The monoisotopic (exact) mass is 298 g/mol. The fraction of sp³-hybridized carbons (Fsp3) is 0.800. The van der Waals surface area contributed by atoms with Gasteiger partial charge in [-0.1, -0.05) is 27.7 Å². The minimum absolute atomic E-state index is 0.0000893. The van der Waals surface area contributed by atoms with Crippen molar-refractivity contribution in [2.45, 2.75) is 53.0 Å². The van der Waals surface area contributed by atoms with E-state index in [2.05, 4.69) is 5.32 Å². The number of nitrogens with one attached hydrogen (secondary N) is 1. The van der Waals surface area contributed by atoms with Crippen LogP contribution in [0.3, 0.4) is 0 Å². The maximum Gasteiger partial charge on any atom is 0.303 e. The van der Waals surface area contributed by atoms with Crippen LogP contribution in [-0.2, 0) is 14.4 Å². The standard InChI is InChI=1S/C15H26N2O4/c1-5-12(18)17-8-10(7-13(19)20)6-11(9-17)16-14(21)15(2,3)4/h10-11H,5-9H2,1-4H3,(H,16,21)(H,19,20). The first-order chi connectivity index (χ1) is 9.63. The molecule has 120 valence electrons. The van der Waals surface area contributed by atoms with Gasteiger partial charge in [0.05, 0.1) is 0 Å². The van der Waals surface area contributed by atoms with Gasteiger partial charge in [-0.25, -0.2) is 0 Å². The number of aliphatic carboxylic acids is 1. The third-order valence-corrected chi connectivity index (χ3v) is 3.67. The Morgan fingerprint density at radius 3 is 2.33 bits per heavy atom. The summed E-state index contributed by atoms with van der Waals surface area (Å²) in [5, 5.41) is 11.9. The summed E-state index contributed by atoms with van der Waals surface area (Å²) in [7, 11) is 0. The van der Waals surface area contributed by atoms with Crippen LogP contribution in [0.15, 0.2) is 0 Å². The van der Waals surface area contributed by atoms with Crippen molar-refractivity contribution in [1.29, 1.82) is 0 Å². The Morgan fingerprint density at radius 2 is 1.86 bits per heavy atom. The molecule has 0 aromatic carbocycles. The third-order valence-electron chi connectivity index (χ3n) is 3.67. The predicted molar refractivity (Wildman–Crippen MR) is 78.6 cm³/mol. The van der Waals surface area contributed by atoms with E-state index in [-0.39, 0.29) is 30.2 Å². The van der Waals surface area contributed by atoms with Gasteiger partial charge in [0.1, 0.15) is 0 Å². The Bertz CT molecular complexity index is 414. The highest BCUT2D eigenvalue weighted by Crippen LogP contribution is 2.22. The molecule has 6 nitrogen and oxygen atoms in total. The van der Waals surface area contributed by atoms with Crippen molar-refractivity contribution in [1.82, 2.24) is 10.2 Å². The predicted octanol–water partition coefficient (Wildman–Crippen LogP) is 1.25. The number of rotatable bonds is 4. The van der Waals surface area contributed by atoms with Gasteiger partial charge in [-0.2, -0.15) is 0 Å². The number of carbonyl (C=O) groups is 3. The number of likely N-dealkylation sites (tertiary alicyclic amines) is 1. The molecule has 1 aliphatic rings. The molecular formula is C15H26N2O4. The first kappa shape index (κ1) is 17.5. The summed E-state index contributed by atoms with van der Waals surface area (Å²) < 4.78 is 0. The van der Waals surface area contributed by atoms with Gasteiger partial charge in [0.25, 0.3) is 0 Å². The molecule has 0 radical (unpaired) electrons. The highest BCUT2D eigenvalue weighted by atomic mass is 16.4. The minimum Gasteiger partial charge on any atom is -0.481 e. The molecule has 21 heavy (non-hydrogen) atoms. The van der Waals surface area contributed by atoms with Gasteiger partial charge in [-0.05, 0) is 12.3 Å². The van der Waals surface area contributed by atoms with E-state index in [1.54, 1.807) is 11.8 Å². The maximum atomic E-state index is 12.1. The summed E-state index contributed by atoms with van der Waals surface area (Å²) in [5.41, 5.74) is -0.501. The van der Waals surface area contributed by atoms with Gasteiger partial charge in [0, 0.05) is 37.4 Å². The van der Waals surface area contributed by atoms with Crippen molar-refractivity contribution in [3.05, 3.63) is 0 Å². The number of hydrogen-bond donors (Lipinski definition) is 2. The van der Waals surface area contributed by atoms with Gasteiger partial charge in [-0.3, -0.25) is 14.4 Å². The fourth-order valence-electron chi connectivity index (χ4n) is 2.53. The zero-order valence-corrected chi connectivity index (χ0v) is 13.3. The lowest BCUT2D eigenvalue weighted by atomic mass is 9.89. The van der Waals surface area contributed by atoms with Crippen molar-refractivity contribution in [3.63, 3.8) is 0 Å². The van der Waals surface area contributed by atoms with Crippen LogP contribution in [0.1, 0.15) is 47.0 Å². The van der Waals surface area contributed by atoms with Gasteiger partial charge >= 0.3 is 5.97 Å². The van der Waals surface area contributed by atoms with Gasteiger partial charge in [-0.15, -0.1) is 0 Å². The van der Waals surface area contributed by atoms with Crippen LogP contribution in [0.4, 0.5) is 0 Å². The lowest BCUT2D eigenvalue weighted by Gasteiger charge is -2.38. The molecule has 1 aliphatic heterocycles. The zero-order valence-electron chi connectivity index (χ0n) is 13.3. The molecule has 2 unspecified atom stereocenters. The Morgan fingerprint density at radius 1 is 1.24 bits per heavy atom. The molecule has 0 aliphatic carbocycles. The molecule has 6 heteroatoms. The summed E-state index contributed by atoms with van der Waals surface area (Å²) >= 11 is 0. The summed E-state index contributed by atoms with van der Waals surface area (Å²) in [4.78, 5) is 36.6. The largest absolute Gasteiger partial charge is 0.481 e. The summed E-state index contributed by atoms with van der Waals surface area (Å²) in [6, 6.07) is -0.176. The Balaban J connectivity index is 2.75. The molecule has 0 aromatic heterocycles. The minimum atomic E-state index is -0.869. The highest BCUT2D eigenvalue weighted by molar-refractivity contribution is 5.82. The van der Waals surface area contributed by atoms with Gasteiger partial charge in [0.15, 0.2) is 0 Å². The lowest BCUT2D eigenvalue weighted by molar-refractivity contribution is -0.141. The molecule has 2 atom stereocenters. The zero-order chi connectivity index (χ0) is 16.2. The lowest BCUT2D eigenvalue weighted by Crippen LogP contribution is -2.54. The topological polar surface area (TPSA) is 86.7 Å². The average Bonchev–Trinajstić information content (AvgIpc) is 2.35. The highest BCUT2D eigenvalue weighted by Gasteiger charge is 2.33. The van der Waals surface area contributed by atoms with E-state index in [1.165, 1.54) is 0 Å². The maximum absolute atomic E-state index is 12.1. The van der Waals surface area contributed by atoms with Crippen molar-refractivity contribution in [2.75, 3.05) is 13.1 Å². The SMILES string of the molecule is CCC(=O)N1CC(CC(=O)O)CC(NC(=O)C(C)(C)C)C1. The van der Waals surface area contributed by atoms with E-state index in [1.807, 2.05) is 20.8 Å². The molecule has 2 amide bonds. The van der Waals surface area contributed by atoms with E-state index in [9.17, 15) is 14.4 Å². The molecule has 0 bridgehead atoms. The van der Waals surface area contributed by atoms with Gasteiger partial charge < -0.3 is 15.3 Å². The Hall–Kier alpha value is -1.59. The molecule has 1 rings (SSSR count). The second kappa shape index (κ2) is 6.91. The number of carbonyl (C=O) groups excluding carboxylic acids is 2. The molecule has 2 N–H and O–H groups in total. The van der Waals surface area contributed by atoms with Crippen LogP contribution in [-0.4, -0.2) is 46.9 Å². The molecule has 0 saturated carbocycles. The van der Waals surface area contributed by atoms with E-state index in [4.69, 9.17) is 5.11 Å². The number of carboxylic acids is 1. The van der Waals surface area contributed by atoms with Crippen molar-refractivity contribution in [3.8, 4) is 0 Å². The number of amides is 2. The number of carboxylic acid groups (broad SMARTS) is 1. The molecule has 1 fully saturated rings. The second-order valence-electron chi connectivity index (χ2n) is 6.77. The van der Waals surface area contributed by atoms with Crippen LogP contribution in [0, 0.1) is 11.3 Å². The quantitative estimate of drug-likeness (QED) is 0.818. The third kappa shape index (κ3) is 5.36. The Kier molecular flexibility index (Phi) is 5.75. The molecule has 0 aromatic rings. The first-order valence-corrected chi connectivity index (χ1v) is 7.44. The van der Waals surface area contributed by atoms with Crippen molar-refractivity contribution < 1.29 is 19.5 Å². The molecule has 0 spiro atoms. The van der Waals surface area contributed by atoms with Crippen LogP contribution < -0.4 is 5.32 Å². The average molecular weight is 298 g/mol. The Labute approximate surface area is 125 Å². The van der Waals surface area contributed by atoms with E-state index in [0.29, 0.717) is 25.9 Å². The van der Waals surface area contributed by atoms with Crippen LogP contribution in [0.2, 0.25) is 0 Å². The van der Waals surface area contributed by atoms with E-state index >= 15 is 0 Å². The second-order valence-corrected chi connectivity index (χ2v) is 6.77. The fourth-order valence-corrected chi connectivity index (χ4v) is 2.53. The number of hydrogen-bond acceptors (Lipinski definition) is 3.